The van der Waals surface area contributed by atoms with Gasteiger partial charge in [0.25, 0.3) is 0 Å². The van der Waals surface area contributed by atoms with Gasteiger partial charge in [-0.1, -0.05) is 76.6 Å². The topological polar surface area (TPSA) is 70.9 Å². The number of benzene rings is 3. The monoisotopic (exact) mass is 478 g/mol. The summed E-state index contributed by atoms with van der Waals surface area (Å²) in [4.78, 5) is 13.0. The minimum Gasteiger partial charge on any atom is -0.504 e. The number of rotatable bonds is 7. The number of carbonyl (C=O) groups is 1. The summed E-state index contributed by atoms with van der Waals surface area (Å²) in [5.74, 6) is -0.0237. The number of halogens is 1. The summed E-state index contributed by atoms with van der Waals surface area (Å²) < 4.78 is 6.18. The number of phenols is 1. The average Bonchev–Trinajstić information content (AvgIpc) is 3.55. The molecule has 158 valence electrons. The molecule has 1 aliphatic rings. The van der Waals surface area contributed by atoms with Crippen LogP contribution in [0.15, 0.2) is 82.4 Å². The summed E-state index contributed by atoms with van der Waals surface area (Å²) in [5.41, 5.74) is 5.00. The number of nitrogens with one attached hydrogen (secondary N) is 1. The van der Waals surface area contributed by atoms with E-state index >= 15 is 0 Å². The van der Waals surface area contributed by atoms with Gasteiger partial charge in [0.15, 0.2) is 11.5 Å². The summed E-state index contributed by atoms with van der Waals surface area (Å²) in [5, 5.41) is 14.5. The molecule has 1 amide bonds. The smallest absolute Gasteiger partial charge is 0.244 e. The zero-order valence-corrected chi connectivity index (χ0v) is 18.7. The molecule has 0 spiro atoms. The third-order valence-corrected chi connectivity index (χ3v) is 6.06. The van der Waals surface area contributed by atoms with Crippen molar-refractivity contribution in [2.75, 3.05) is 6.61 Å². The SMILES string of the molecule is CCOc1cc(Br)cc(/C=N/NC(=O)C2CC2(c2ccccc2)c2ccccc2)c1O. The van der Waals surface area contributed by atoms with E-state index in [0.29, 0.717) is 17.9 Å². The van der Waals surface area contributed by atoms with Crippen LogP contribution in [0.4, 0.5) is 0 Å². The van der Waals surface area contributed by atoms with E-state index in [-0.39, 0.29) is 23.0 Å². The van der Waals surface area contributed by atoms with E-state index in [4.69, 9.17) is 4.74 Å². The molecule has 31 heavy (non-hydrogen) atoms. The number of ether oxygens (including phenoxy) is 1. The fourth-order valence-electron chi connectivity index (χ4n) is 4.06. The molecule has 6 heteroatoms. The second-order valence-corrected chi connectivity index (χ2v) is 8.38. The number of amides is 1. The van der Waals surface area contributed by atoms with Crippen LogP contribution in [0.3, 0.4) is 0 Å². The number of hydrogen-bond donors (Lipinski definition) is 2. The molecule has 2 N–H and O–H groups in total. The Labute approximate surface area is 189 Å². The molecule has 1 saturated carbocycles. The molecule has 0 aromatic heterocycles. The van der Waals surface area contributed by atoms with Crippen molar-refractivity contribution in [1.29, 1.82) is 0 Å². The Morgan fingerprint density at radius 3 is 2.35 bits per heavy atom. The Morgan fingerprint density at radius 2 is 1.77 bits per heavy atom. The second-order valence-electron chi connectivity index (χ2n) is 7.47. The minimum atomic E-state index is -0.345. The Bertz CT molecular complexity index is 1060. The number of aromatic hydroxyl groups is 1. The molecule has 0 aliphatic heterocycles. The molecule has 0 radical (unpaired) electrons. The molecule has 1 fully saturated rings. The fraction of sp³-hybridized carbons (Fsp3) is 0.200. The lowest BCUT2D eigenvalue weighted by molar-refractivity contribution is -0.122. The molecule has 1 atom stereocenters. The van der Waals surface area contributed by atoms with Gasteiger partial charge in [-0.05, 0) is 36.6 Å². The molecule has 3 aromatic rings. The normalized spacial score (nSPS) is 16.8. The van der Waals surface area contributed by atoms with Crippen LogP contribution >= 0.6 is 15.9 Å². The fourth-order valence-corrected chi connectivity index (χ4v) is 4.51. The molecule has 3 aromatic carbocycles. The molecular formula is C25H23BrN2O3. The van der Waals surface area contributed by atoms with E-state index in [9.17, 15) is 9.90 Å². The molecule has 0 saturated heterocycles. The van der Waals surface area contributed by atoms with Gasteiger partial charge in [0.05, 0.1) is 18.7 Å². The van der Waals surface area contributed by atoms with E-state index in [2.05, 4.69) is 50.7 Å². The lowest BCUT2D eigenvalue weighted by Crippen LogP contribution is -2.25. The first-order chi connectivity index (χ1) is 15.1. The maximum atomic E-state index is 13.0. The highest BCUT2D eigenvalue weighted by molar-refractivity contribution is 9.10. The van der Waals surface area contributed by atoms with Crippen molar-refractivity contribution < 1.29 is 14.6 Å². The van der Waals surface area contributed by atoms with E-state index < -0.39 is 0 Å². The number of nitrogens with zero attached hydrogens (tertiary/aromatic N) is 1. The van der Waals surface area contributed by atoms with E-state index in [0.717, 1.165) is 22.0 Å². The van der Waals surface area contributed by atoms with Crippen molar-refractivity contribution in [2.24, 2.45) is 11.0 Å². The van der Waals surface area contributed by atoms with Gasteiger partial charge in [-0.3, -0.25) is 4.79 Å². The third kappa shape index (κ3) is 4.21. The number of hydrogen-bond acceptors (Lipinski definition) is 4. The minimum absolute atomic E-state index is 0.0163. The van der Waals surface area contributed by atoms with Gasteiger partial charge >= 0.3 is 0 Å². The molecule has 1 unspecified atom stereocenters. The predicted octanol–water partition coefficient (Wildman–Crippen LogP) is 5.01. The summed E-state index contributed by atoms with van der Waals surface area (Å²) in [6.45, 7) is 2.27. The van der Waals surface area contributed by atoms with Gasteiger partial charge in [-0.25, -0.2) is 5.43 Å². The maximum absolute atomic E-state index is 13.0. The summed E-state index contributed by atoms with van der Waals surface area (Å²) in [7, 11) is 0. The van der Waals surface area contributed by atoms with Gasteiger partial charge in [-0.2, -0.15) is 5.10 Å². The third-order valence-electron chi connectivity index (χ3n) is 5.60. The van der Waals surface area contributed by atoms with Crippen LogP contribution in [-0.4, -0.2) is 23.8 Å². The predicted molar refractivity (Wildman–Crippen MR) is 124 cm³/mol. The standard InChI is InChI=1S/C25H23BrN2O3/c1-2-31-22-14-20(26)13-17(23(22)29)16-27-28-24(30)21-15-25(21,18-9-5-3-6-10-18)19-11-7-4-8-12-19/h3-14,16,21,29H,2,15H2,1H3,(H,28,30)/b27-16+. The van der Waals surface area contributed by atoms with Gasteiger partial charge in [0, 0.05) is 15.5 Å². The Kier molecular flexibility index (Phi) is 6.09. The Hall–Kier alpha value is -3.12. The Morgan fingerprint density at radius 1 is 1.16 bits per heavy atom. The lowest BCUT2D eigenvalue weighted by Gasteiger charge is -2.18. The largest absolute Gasteiger partial charge is 0.504 e. The first-order valence-corrected chi connectivity index (χ1v) is 10.9. The van der Waals surface area contributed by atoms with Crippen molar-refractivity contribution >= 4 is 28.1 Å². The highest BCUT2D eigenvalue weighted by atomic mass is 79.9. The second kappa shape index (κ2) is 8.94. The molecule has 4 rings (SSSR count). The number of carbonyl (C=O) groups excluding carboxylic acids is 1. The van der Waals surface area contributed by atoms with Gasteiger partial charge in [0.1, 0.15) is 0 Å². The van der Waals surface area contributed by atoms with E-state index in [1.807, 2.05) is 43.3 Å². The van der Waals surface area contributed by atoms with Crippen LogP contribution < -0.4 is 10.2 Å². The molecule has 0 heterocycles. The molecule has 1 aliphatic carbocycles. The van der Waals surface area contributed by atoms with Crippen molar-refractivity contribution in [2.45, 2.75) is 18.8 Å². The van der Waals surface area contributed by atoms with E-state index in [1.165, 1.54) is 6.21 Å². The molecule has 5 nitrogen and oxygen atoms in total. The molecular weight excluding hydrogens is 456 g/mol. The highest BCUT2D eigenvalue weighted by Crippen LogP contribution is 2.58. The molecule has 0 bridgehead atoms. The van der Waals surface area contributed by atoms with Gasteiger partial charge < -0.3 is 9.84 Å². The van der Waals surface area contributed by atoms with Crippen LogP contribution in [0.25, 0.3) is 0 Å². The van der Waals surface area contributed by atoms with Crippen molar-refractivity contribution in [3.8, 4) is 11.5 Å². The average molecular weight is 479 g/mol. The van der Waals surface area contributed by atoms with Crippen molar-refractivity contribution in [3.05, 3.63) is 94.0 Å². The van der Waals surface area contributed by atoms with Crippen molar-refractivity contribution in [3.63, 3.8) is 0 Å². The lowest BCUT2D eigenvalue weighted by atomic mass is 9.85. The van der Waals surface area contributed by atoms with Crippen LogP contribution in [0.1, 0.15) is 30.0 Å². The quantitative estimate of drug-likeness (QED) is 0.370. The zero-order valence-electron chi connectivity index (χ0n) is 17.1. The van der Waals surface area contributed by atoms with Gasteiger partial charge in [0.2, 0.25) is 5.91 Å². The van der Waals surface area contributed by atoms with Crippen LogP contribution in [-0.2, 0) is 10.2 Å². The highest BCUT2D eigenvalue weighted by Gasteiger charge is 2.60. The van der Waals surface area contributed by atoms with E-state index in [1.54, 1.807) is 12.1 Å². The summed E-state index contributed by atoms with van der Waals surface area (Å²) in [6.07, 6.45) is 2.15. The summed E-state index contributed by atoms with van der Waals surface area (Å²) in [6, 6.07) is 23.6. The van der Waals surface area contributed by atoms with Crippen LogP contribution in [0, 0.1) is 5.92 Å². The first kappa shape index (κ1) is 21.1. The Balaban J connectivity index is 1.53. The van der Waals surface area contributed by atoms with Crippen LogP contribution in [0.5, 0.6) is 11.5 Å². The maximum Gasteiger partial charge on any atom is 0.244 e. The first-order valence-electron chi connectivity index (χ1n) is 10.2. The van der Waals surface area contributed by atoms with Gasteiger partial charge in [-0.15, -0.1) is 0 Å². The van der Waals surface area contributed by atoms with Crippen LogP contribution in [0.2, 0.25) is 0 Å². The van der Waals surface area contributed by atoms with Crippen molar-refractivity contribution in [1.82, 2.24) is 5.43 Å². The zero-order chi connectivity index (χ0) is 21.8. The number of hydrazone groups is 1. The number of phenolic OH excluding ortho intramolecular Hbond substituents is 1. The summed E-state index contributed by atoms with van der Waals surface area (Å²) >= 11 is 3.40.